The standard InChI is InChI=1S/C24H29ClN4O4/c25-20-14-17(15-21-23(20)33-13-12-32-21)6-9-26-24(31)28-19-7-10-29(11-8-19)16-22(30)27-18-4-2-1-3-5-18/h1-5,14-15,19H,6-13,16H2,(H,27,30)(H2,26,28,31). The number of halogens is 1. The molecule has 4 rings (SSSR count). The molecule has 176 valence electrons. The number of carbonyl (C=O) groups excluding carboxylic acids is 2. The van der Waals surface area contributed by atoms with E-state index in [1.807, 2.05) is 42.5 Å². The molecule has 0 aromatic heterocycles. The van der Waals surface area contributed by atoms with Gasteiger partial charge in [-0.2, -0.15) is 0 Å². The fraction of sp³-hybridized carbons (Fsp3) is 0.417. The van der Waals surface area contributed by atoms with E-state index < -0.39 is 0 Å². The average Bonchev–Trinajstić information content (AvgIpc) is 2.81. The fourth-order valence-corrected chi connectivity index (χ4v) is 4.31. The largest absolute Gasteiger partial charge is 0.486 e. The van der Waals surface area contributed by atoms with Crippen LogP contribution in [0.1, 0.15) is 18.4 Å². The number of hydrogen-bond donors (Lipinski definition) is 3. The Bertz CT molecular complexity index is 964. The second kappa shape index (κ2) is 11.2. The predicted molar refractivity (Wildman–Crippen MR) is 127 cm³/mol. The molecule has 1 fully saturated rings. The van der Waals surface area contributed by atoms with E-state index in [0.29, 0.717) is 49.2 Å². The zero-order valence-electron chi connectivity index (χ0n) is 18.4. The first kappa shape index (κ1) is 23.2. The van der Waals surface area contributed by atoms with Crippen LogP contribution in [-0.4, -0.2) is 62.3 Å². The number of fused-ring (bicyclic) bond motifs is 1. The minimum absolute atomic E-state index is 0.0235. The lowest BCUT2D eigenvalue weighted by molar-refractivity contribution is -0.117. The summed E-state index contributed by atoms with van der Waals surface area (Å²) < 4.78 is 11.1. The lowest BCUT2D eigenvalue weighted by Gasteiger charge is -2.31. The second-order valence-corrected chi connectivity index (χ2v) is 8.62. The number of amides is 3. The Balaban J connectivity index is 1.13. The van der Waals surface area contributed by atoms with Crippen LogP contribution in [0.4, 0.5) is 10.5 Å². The minimum Gasteiger partial charge on any atom is -0.486 e. The molecular formula is C24H29ClN4O4. The normalized spacial score (nSPS) is 16.2. The van der Waals surface area contributed by atoms with Gasteiger partial charge in [0, 0.05) is 31.4 Å². The molecule has 0 bridgehead atoms. The van der Waals surface area contributed by atoms with E-state index in [1.54, 1.807) is 0 Å². The summed E-state index contributed by atoms with van der Waals surface area (Å²) in [6.45, 7) is 3.37. The summed E-state index contributed by atoms with van der Waals surface area (Å²) in [4.78, 5) is 26.6. The Morgan fingerprint density at radius 3 is 2.61 bits per heavy atom. The molecule has 0 radical (unpaired) electrons. The Morgan fingerprint density at radius 2 is 1.82 bits per heavy atom. The van der Waals surface area contributed by atoms with Crippen molar-refractivity contribution < 1.29 is 19.1 Å². The van der Waals surface area contributed by atoms with E-state index >= 15 is 0 Å². The third-order valence-corrected chi connectivity index (χ3v) is 5.98. The van der Waals surface area contributed by atoms with Gasteiger partial charge < -0.3 is 25.4 Å². The number of nitrogens with one attached hydrogen (secondary N) is 3. The smallest absolute Gasteiger partial charge is 0.315 e. The maximum atomic E-state index is 12.3. The molecule has 2 aliphatic heterocycles. The van der Waals surface area contributed by atoms with Crippen molar-refractivity contribution in [1.82, 2.24) is 15.5 Å². The second-order valence-electron chi connectivity index (χ2n) is 8.22. The summed E-state index contributed by atoms with van der Waals surface area (Å²) in [6.07, 6.45) is 2.26. The molecule has 33 heavy (non-hydrogen) atoms. The molecule has 3 amide bonds. The van der Waals surface area contributed by atoms with Crippen molar-refractivity contribution in [3.63, 3.8) is 0 Å². The number of urea groups is 1. The van der Waals surface area contributed by atoms with Crippen molar-refractivity contribution in [2.24, 2.45) is 0 Å². The molecule has 9 heteroatoms. The first-order valence-electron chi connectivity index (χ1n) is 11.3. The number of para-hydroxylation sites is 1. The summed E-state index contributed by atoms with van der Waals surface area (Å²) in [5.74, 6) is 1.21. The van der Waals surface area contributed by atoms with Crippen molar-refractivity contribution in [2.45, 2.75) is 25.3 Å². The highest BCUT2D eigenvalue weighted by Crippen LogP contribution is 2.38. The first-order valence-corrected chi connectivity index (χ1v) is 11.6. The van der Waals surface area contributed by atoms with Crippen LogP contribution in [0.2, 0.25) is 5.02 Å². The molecule has 2 aromatic rings. The summed E-state index contributed by atoms with van der Waals surface area (Å²) in [6, 6.07) is 13.1. The van der Waals surface area contributed by atoms with E-state index in [0.717, 1.165) is 37.2 Å². The van der Waals surface area contributed by atoms with Crippen molar-refractivity contribution in [1.29, 1.82) is 0 Å². The van der Waals surface area contributed by atoms with Crippen LogP contribution in [0.3, 0.4) is 0 Å². The van der Waals surface area contributed by atoms with Crippen LogP contribution in [0.15, 0.2) is 42.5 Å². The molecule has 2 aromatic carbocycles. The molecule has 3 N–H and O–H groups in total. The van der Waals surface area contributed by atoms with E-state index in [9.17, 15) is 9.59 Å². The summed E-state index contributed by atoms with van der Waals surface area (Å²) >= 11 is 6.27. The third kappa shape index (κ3) is 6.76. The van der Waals surface area contributed by atoms with Gasteiger partial charge >= 0.3 is 6.03 Å². The van der Waals surface area contributed by atoms with Gasteiger partial charge in [0.15, 0.2) is 11.5 Å². The Morgan fingerprint density at radius 1 is 1.06 bits per heavy atom. The van der Waals surface area contributed by atoms with Crippen LogP contribution in [-0.2, 0) is 11.2 Å². The summed E-state index contributed by atoms with van der Waals surface area (Å²) in [5.41, 5.74) is 1.78. The van der Waals surface area contributed by atoms with Crippen LogP contribution >= 0.6 is 11.6 Å². The maximum absolute atomic E-state index is 12.3. The fourth-order valence-electron chi connectivity index (χ4n) is 4.03. The van der Waals surface area contributed by atoms with Gasteiger partial charge in [0.05, 0.1) is 11.6 Å². The number of hydrogen-bond acceptors (Lipinski definition) is 5. The van der Waals surface area contributed by atoms with Crippen molar-refractivity contribution >= 4 is 29.2 Å². The van der Waals surface area contributed by atoms with Gasteiger partial charge in [-0.1, -0.05) is 29.8 Å². The van der Waals surface area contributed by atoms with Gasteiger partial charge in [0.25, 0.3) is 0 Å². The third-order valence-electron chi connectivity index (χ3n) is 5.70. The van der Waals surface area contributed by atoms with Crippen LogP contribution in [0.5, 0.6) is 11.5 Å². The quantitative estimate of drug-likeness (QED) is 0.576. The number of ether oxygens (including phenoxy) is 2. The molecule has 0 unspecified atom stereocenters. The van der Waals surface area contributed by atoms with E-state index in [2.05, 4.69) is 20.9 Å². The highest BCUT2D eigenvalue weighted by molar-refractivity contribution is 6.32. The zero-order chi connectivity index (χ0) is 23.0. The van der Waals surface area contributed by atoms with Gasteiger partial charge in [-0.25, -0.2) is 4.79 Å². The Kier molecular flexibility index (Phi) is 7.91. The molecule has 1 saturated heterocycles. The van der Waals surface area contributed by atoms with Gasteiger partial charge in [-0.15, -0.1) is 0 Å². The molecule has 2 aliphatic rings. The van der Waals surface area contributed by atoms with E-state index in [-0.39, 0.29) is 18.0 Å². The monoisotopic (exact) mass is 472 g/mol. The van der Waals surface area contributed by atoms with E-state index in [1.165, 1.54) is 0 Å². The SMILES string of the molecule is O=C(CN1CCC(NC(=O)NCCc2cc(Cl)c3c(c2)OCCO3)CC1)Nc1ccccc1. The predicted octanol–water partition coefficient (Wildman–Crippen LogP) is 3.06. The molecule has 0 atom stereocenters. The minimum atomic E-state index is -0.182. The number of carbonyl (C=O) groups is 2. The Labute approximate surface area is 198 Å². The van der Waals surface area contributed by atoms with Gasteiger partial charge in [0.1, 0.15) is 13.2 Å². The van der Waals surface area contributed by atoms with Crippen LogP contribution < -0.4 is 25.4 Å². The zero-order valence-corrected chi connectivity index (χ0v) is 19.2. The number of nitrogens with zero attached hydrogens (tertiary/aromatic N) is 1. The van der Waals surface area contributed by atoms with Gasteiger partial charge in [0.2, 0.25) is 5.91 Å². The number of likely N-dealkylation sites (tertiary alicyclic amines) is 1. The molecule has 8 nitrogen and oxygen atoms in total. The van der Waals surface area contributed by atoms with Crippen molar-refractivity contribution in [3.8, 4) is 11.5 Å². The van der Waals surface area contributed by atoms with Crippen LogP contribution in [0, 0.1) is 0 Å². The van der Waals surface area contributed by atoms with Crippen molar-refractivity contribution in [3.05, 3.63) is 53.1 Å². The molecular weight excluding hydrogens is 444 g/mol. The first-order chi connectivity index (χ1) is 16.1. The number of piperidine rings is 1. The number of rotatable bonds is 7. The van der Waals surface area contributed by atoms with Gasteiger partial charge in [-0.05, 0) is 49.1 Å². The molecule has 0 spiro atoms. The average molecular weight is 473 g/mol. The van der Waals surface area contributed by atoms with Crippen molar-refractivity contribution in [2.75, 3.05) is 44.7 Å². The molecule has 2 heterocycles. The maximum Gasteiger partial charge on any atom is 0.315 e. The number of anilines is 1. The highest BCUT2D eigenvalue weighted by atomic mass is 35.5. The molecule has 0 saturated carbocycles. The van der Waals surface area contributed by atoms with Crippen LogP contribution in [0.25, 0.3) is 0 Å². The topological polar surface area (TPSA) is 91.9 Å². The summed E-state index contributed by atoms with van der Waals surface area (Å²) in [7, 11) is 0. The lowest BCUT2D eigenvalue weighted by Crippen LogP contribution is -2.49. The van der Waals surface area contributed by atoms with E-state index in [4.69, 9.17) is 21.1 Å². The highest BCUT2D eigenvalue weighted by Gasteiger charge is 2.22. The summed E-state index contributed by atoms with van der Waals surface area (Å²) in [5, 5.41) is 9.37. The molecule has 0 aliphatic carbocycles. The number of benzene rings is 2. The lowest BCUT2D eigenvalue weighted by atomic mass is 10.1. The Hall–Kier alpha value is -2.97. The van der Waals surface area contributed by atoms with Gasteiger partial charge in [-0.3, -0.25) is 9.69 Å².